The van der Waals surface area contributed by atoms with E-state index in [-0.39, 0.29) is 0 Å². The maximum Gasteiger partial charge on any atom is 0.191 e. The lowest BCUT2D eigenvalue weighted by molar-refractivity contribution is 0.178. The molecule has 0 fully saturated rings. The highest BCUT2D eigenvalue weighted by Crippen LogP contribution is 2.05. The minimum absolute atomic E-state index is 0.567. The van der Waals surface area contributed by atoms with E-state index in [1.54, 1.807) is 11.3 Å². The van der Waals surface area contributed by atoms with E-state index in [0.717, 1.165) is 25.6 Å². The van der Waals surface area contributed by atoms with E-state index in [4.69, 9.17) is 0 Å². The van der Waals surface area contributed by atoms with Gasteiger partial charge < -0.3 is 10.6 Å². The van der Waals surface area contributed by atoms with Crippen molar-refractivity contribution < 1.29 is 0 Å². The molecule has 4 nitrogen and oxygen atoms in total. The molecule has 0 aliphatic carbocycles. The molecule has 1 aromatic rings. The van der Waals surface area contributed by atoms with Gasteiger partial charge in [0.05, 0.1) is 0 Å². The summed E-state index contributed by atoms with van der Waals surface area (Å²) in [6.45, 7) is 11.7. The first kappa shape index (κ1) is 17.0. The van der Waals surface area contributed by atoms with Crippen LogP contribution in [0.3, 0.4) is 0 Å². The van der Waals surface area contributed by atoms with Gasteiger partial charge in [0, 0.05) is 38.8 Å². The molecule has 0 spiro atoms. The van der Waals surface area contributed by atoms with Crippen LogP contribution in [-0.2, 0) is 6.54 Å². The van der Waals surface area contributed by atoms with Crippen molar-refractivity contribution in [3.05, 3.63) is 22.4 Å². The van der Waals surface area contributed by atoms with Crippen molar-refractivity contribution in [3.8, 4) is 0 Å². The molecular weight excluding hydrogens is 268 g/mol. The van der Waals surface area contributed by atoms with Crippen molar-refractivity contribution >= 4 is 17.3 Å². The summed E-state index contributed by atoms with van der Waals surface area (Å²) in [5, 5.41) is 10.9. The Kier molecular flexibility index (Phi) is 7.62. The number of thiophene rings is 1. The predicted molar refractivity (Wildman–Crippen MR) is 89.5 cm³/mol. The average molecular weight is 296 g/mol. The van der Waals surface area contributed by atoms with Gasteiger partial charge in [0.25, 0.3) is 0 Å². The van der Waals surface area contributed by atoms with Crippen LogP contribution in [0.15, 0.2) is 21.8 Å². The van der Waals surface area contributed by atoms with Gasteiger partial charge in [-0.25, -0.2) is 0 Å². The third-order valence-corrected chi connectivity index (χ3v) is 3.98. The molecule has 20 heavy (non-hydrogen) atoms. The van der Waals surface area contributed by atoms with Gasteiger partial charge in [-0.15, -0.1) is 0 Å². The molecule has 5 heteroatoms. The summed E-state index contributed by atoms with van der Waals surface area (Å²) in [7, 11) is 1.81. The Bertz CT molecular complexity index is 377. The van der Waals surface area contributed by atoms with Gasteiger partial charge >= 0.3 is 0 Å². The van der Waals surface area contributed by atoms with Crippen LogP contribution in [-0.4, -0.2) is 43.1 Å². The van der Waals surface area contributed by atoms with Crippen LogP contribution in [0.1, 0.15) is 33.3 Å². The van der Waals surface area contributed by atoms with Gasteiger partial charge in [0.2, 0.25) is 0 Å². The highest BCUT2D eigenvalue weighted by atomic mass is 32.1. The van der Waals surface area contributed by atoms with Crippen LogP contribution in [0.25, 0.3) is 0 Å². The van der Waals surface area contributed by atoms with Gasteiger partial charge in [0.1, 0.15) is 0 Å². The Morgan fingerprint density at radius 3 is 2.45 bits per heavy atom. The van der Waals surface area contributed by atoms with E-state index < -0.39 is 0 Å². The summed E-state index contributed by atoms with van der Waals surface area (Å²) >= 11 is 1.72. The van der Waals surface area contributed by atoms with Crippen molar-refractivity contribution in [2.24, 2.45) is 4.99 Å². The highest BCUT2D eigenvalue weighted by Gasteiger charge is 2.12. The number of hydrogen-bond acceptors (Lipinski definition) is 3. The van der Waals surface area contributed by atoms with Gasteiger partial charge in [-0.05, 0) is 50.1 Å². The first-order valence-corrected chi connectivity index (χ1v) is 8.20. The highest BCUT2D eigenvalue weighted by molar-refractivity contribution is 7.07. The van der Waals surface area contributed by atoms with Crippen LogP contribution >= 0.6 is 11.3 Å². The zero-order chi connectivity index (χ0) is 15.0. The molecule has 0 radical (unpaired) electrons. The predicted octanol–water partition coefficient (Wildman–Crippen LogP) is 2.53. The lowest BCUT2D eigenvalue weighted by Crippen LogP contribution is -2.45. The summed E-state index contributed by atoms with van der Waals surface area (Å²) in [4.78, 5) is 6.72. The molecule has 1 aromatic heterocycles. The number of hydrogen-bond donors (Lipinski definition) is 2. The zero-order valence-corrected chi connectivity index (χ0v) is 14.1. The average Bonchev–Trinajstić information content (AvgIpc) is 2.90. The van der Waals surface area contributed by atoms with E-state index in [9.17, 15) is 0 Å². The Hall–Kier alpha value is -1.07. The second-order valence-electron chi connectivity index (χ2n) is 5.41. The van der Waals surface area contributed by atoms with Crippen molar-refractivity contribution in [2.75, 3.05) is 20.1 Å². The van der Waals surface area contributed by atoms with Crippen LogP contribution in [0.5, 0.6) is 0 Å². The number of rotatable bonds is 7. The largest absolute Gasteiger partial charge is 0.355 e. The van der Waals surface area contributed by atoms with Crippen molar-refractivity contribution in [1.82, 2.24) is 15.5 Å². The maximum absolute atomic E-state index is 4.25. The lowest BCUT2D eigenvalue weighted by Gasteiger charge is -2.30. The third kappa shape index (κ3) is 5.92. The second kappa shape index (κ2) is 8.97. The minimum Gasteiger partial charge on any atom is -0.355 e. The molecule has 0 aliphatic heterocycles. The molecule has 1 heterocycles. The molecule has 0 atom stereocenters. The Labute approximate surface area is 127 Å². The summed E-state index contributed by atoms with van der Waals surface area (Å²) in [6, 6.07) is 3.26. The summed E-state index contributed by atoms with van der Waals surface area (Å²) < 4.78 is 0. The van der Waals surface area contributed by atoms with E-state index >= 15 is 0 Å². The fraction of sp³-hybridized carbons (Fsp3) is 0.667. The van der Waals surface area contributed by atoms with E-state index in [1.165, 1.54) is 5.56 Å². The first-order chi connectivity index (χ1) is 9.54. The van der Waals surface area contributed by atoms with Crippen LogP contribution in [0.2, 0.25) is 0 Å². The lowest BCUT2D eigenvalue weighted by atomic mass is 10.2. The number of nitrogens with one attached hydrogen (secondary N) is 2. The topological polar surface area (TPSA) is 39.7 Å². The molecule has 0 saturated heterocycles. The van der Waals surface area contributed by atoms with E-state index in [1.807, 2.05) is 7.05 Å². The van der Waals surface area contributed by atoms with Crippen LogP contribution in [0, 0.1) is 0 Å². The molecule has 114 valence electrons. The molecule has 1 rings (SSSR count). The molecule has 0 aliphatic rings. The van der Waals surface area contributed by atoms with Crippen LogP contribution < -0.4 is 10.6 Å². The third-order valence-electron chi connectivity index (χ3n) is 3.25. The quantitative estimate of drug-likeness (QED) is 0.600. The zero-order valence-electron chi connectivity index (χ0n) is 13.3. The molecule has 0 amide bonds. The van der Waals surface area contributed by atoms with Crippen molar-refractivity contribution in [2.45, 2.75) is 46.3 Å². The molecule has 0 aromatic carbocycles. The molecule has 0 saturated carbocycles. The summed E-state index contributed by atoms with van der Waals surface area (Å²) in [5.41, 5.74) is 1.30. The van der Waals surface area contributed by atoms with E-state index in [0.29, 0.717) is 12.1 Å². The smallest absolute Gasteiger partial charge is 0.191 e. The molecule has 0 bridgehead atoms. The minimum atomic E-state index is 0.567. The monoisotopic (exact) mass is 296 g/mol. The number of aliphatic imine (C=N–C) groups is 1. The van der Waals surface area contributed by atoms with E-state index in [2.05, 4.69) is 65.0 Å². The molecular formula is C15H28N4S. The molecule has 0 unspecified atom stereocenters. The first-order valence-electron chi connectivity index (χ1n) is 7.26. The summed E-state index contributed by atoms with van der Waals surface area (Å²) in [5.74, 6) is 0.865. The van der Waals surface area contributed by atoms with Crippen LogP contribution in [0.4, 0.5) is 0 Å². The van der Waals surface area contributed by atoms with Gasteiger partial charge in [-0.1, -0.05) is 0 Å². The van der Waals surface area contributed by atoms with Crippen molar-refractivity contribution in [1.29, 1.82) is 0 Å². The standard InChI is InChI=1S/C15H28N4S/c1-12(2)19(13(3)4)8-7-17-15(16-5)18-10-14-6-9-20-11-14/h6,9,11-13H,7-8,10H2,1-5H3,(H2,16,17,18). The molecule has 2 N–H and O–H groups in total. The van der Waals surface area contributed by atoms with Gasteiger partial charge in [-0.2, -0.15) is 11.3 Å². The normalized spacial score (nSPS) is 12.5. The fourth-order valence-corrected chi connectivity index (χ4v) is 2.88. The SMILES string of the molecule is CN=C(NCCN(C(C)C)C(C)C)NCc1ccsc1. The maximum atomic E-state index is 4.25. The summed E-state index contributed by atoms with van der Waals surface area (Å²) in [6.07, 6.45) is 0. The fourth-order valence-electron chi connectivity index (χ4n) is 2.22. The Balaban J connectivity index is 2.31. The second-order valence-corrected chi connectivity index (χ2v) is 6.19. The van der Waals surface area contributed by atoms with Gasteiger partial charge in [-0.3, -0.25) is 9.89 Å². The van der Waals surface area contributed by atoms with Gasteiger partial charge in [0.15, 0.2) is 5.96 Å². The Morgan fingerprint density at radius 1 is 1.25 bits per heavy atom. The number of nitrogens with zero attached hydrogens (tertiary/aromatic N) is 2. The Morgan fingerprint density at radius 2 is 1.95 bits per heavy atom. The van der Waals surface area contributed by atoms with Crippen molar-refractivity contribution in [3.63, 3.8) is 0 Å². The number of guanidine groups is 1.